The van der Waals surface area contributed by atoms with Crippen molar-refractivity contribution in [1.29, 1.82) is 0 Å². The van der Waals surface area contributed by atoms with Gasteiger partial charge >= 0.3 is 0 Å². The first-order valence-corrected chi connectivity index (χ1v) is 7.39. The quantitative estimate of drug-likeness (QED) is 0.836. The average molecular weight is 259 g/mol. The first kappa shape index (κ1) is 13.3. The highest BCUT2D eigenvalue weighted by Crippen LogP contribution is 2.29. The molecule has 0 amide bonds. The van der Waals surface area contributed by atoms with Gasteiger partial charge < -0.3 is 5.32 Å². The summed E-state index contributed by atoms with van der Waals surface area (Å²) in [7, 11) is 0. The molecule has 1 aromatic heterocycles. The Morgan fingerprint density at radius 1 is 1.11 bits per heavy atom. The molecule has 2 heteroatoms. The lowest BCUT2D eigenvalue weighted by molar-refractivity contribution is 0.603. The Morgan fingerprint density at radius 3 is 2.50 bits per heavy atom. The van der Waals surface area contributed by atoms with E-state index in [0.29, 0.717) is 6.04 Å². The van der Waals surface area contributed by atoms with Gasteiger partial charge in [0.2, 0.25) is 0 Å². The molecule has 0 aliphatic rings. The van der Waals surface area contributed by atoms with Crippen LogP contribution < -0.4 is 5.32 Å². The van der Waals surface area contributed by atoms with Gasteiger partial charge in [0, 0.05) is 9.75 Å². The van der Waals surface area contributed by atoms with E-state index in [9.17, 15) is 0 Å². The molecule has 1 heterocycles. The van der Waals surface area contributed by atoms with E-state index in [0.717, 1.165) is 13.0 Å². The molecule has 0 radical (unpaired) electrons. The van der Waals surface area contributed by atoms with E-state index < -0.39 is 0 Å². The first-order chi connectivity index (χ1) is 8.72. The molecule has 2 aromatic rings. The Bertz CT molecular complexity index is 501. The van der Waals surface area contributed by atoms with Gasteiger partial charge in [-0.3, -0.25) is 0 Å². The van der Waals surface area contributed by atoms with Crippen LogP contribution in [0.15, 0.2) is 36.4 Å². The predicted molar refractivity (Wildman–Crippen MR) is 80.4 cm³/mol. The molecule has 18 heavy (non-hydrogen) atoms. The van der Waals surface area contributed by atoms with Crippen molar-refractivity contribution in [3.8, 4) is 0 Å². The van der Waals surface area contributed by atoms with E-state index >= 15 is 0 Å². The summed E-state index contributed by atoms with van der Waals surface area (Å²) in [6, 6.07) is 13.5. The Morgan fingerprint density at radius 2 is 1.89 bits per heavy atom. The highest BCUT2D eigenvalue weighted by atomic mass is 32.1. The lowest BCUT2D eigenvalue weighted by Crippen LogP contribution is -2.23. The zero-order valence-corrected chi connectivity index (χ0v) is 12.2. The van der Waals surface area contributed by atoms with E-state index in [1.807, 2.05) is 11.3 Å². The average Bonchev–Trinajstić information content (AvgIpc) is 2.78. The third kappa shape index (κ3) is 3.01. The minimum Gasteiger partial charge on any atom is -0.306 e. The molecule has 1 nitrogen and oxygen atoms in total. The van der Waals surface area contributed by atoms with Crippen molar-refractivity contribution >= 4 is 11.3 Å². The van der Waals surface area contributed by atoms with Crippen molar-refractivity contribution in [1.82, 2.24) is 5.32 Å². The molecule has 0 saturated heterocycles. The van der Waals surface area contributed by atoms with Gasteiger partial charge in [-0.2, -0.15) is 0 Å². The monoisotopic (exact) mass is 259 g/mol. The lowest BCUT2D eigenvalue weighted by atomic mass is 10.00. The summed E-state index contributed by atoms with van der Waals surface area (Å²) in [5.41, 5.74) is 2.75. The van der Waals surface area contributed by atoms with E-state index in [-0.39, 0.29) is 0 Å². The summed E-state index contributed by atoms with van der Waals surface area (Å²) >= 11 is 1.89. The zero-order chi connectivity index (χ0) is 13.0. The number of hydrogen-bond acceptors (Lipinski definition) is 2. The summed E-state index contributed by atoms with van der Waals surface area (Å²) in [4.78, 5) is 2.79. The molecule has 0 aliphatic heterocycles. The minimum atomic E-state index is 0.338. The molecular weight excluding hydrogens is 238 g/mol. The fourth-order valence-corrected chi connectivity index (χ4v) is 3.14. The van der Waals surface area contributed by atoms with Crippen molar-refractivity contribution in [2.75, 3.05) is 6.54 Å². The lowest BCUT2D eigenvalue weighted by Gasteiger charge is -2.19. The van der Waals surface area contributed by atoms with E-state index in [1.54, 1.807) is 0 Å². The molecule has 1 atom stereocenters. The summed E-state index contributed by atoms with van der Waals surface area (Å²) in [6.45, 7) is 7.62. The van der Waals surface area contributed by atoms with Crippen molar-refractivity contribution < 1.29 is 0 Å². The van der Waals surface area contributed by atoms with Crippen LogP contribution in [0.2, 0.25) is 0 Å². The maximum absolute atomic E-state index is 3.67. The molecule has 1 N–H and O–H groups in total. The van der Waals surface area contributed by atoms with Crippen LogP contribution >= 0.6 is 11.3 Å². The molecule has 1 aromatic carbocycles. The molecule has 1 unspecified atom stereocenters. The van der Waals surface area contributed by atoms with Crippen molar-refractivity contribution in [2.24, 2.45) is 0 Å². The van der Waals surface area contributed by atoms with Crippen LogP contribution in [-0.2, 0) is 0 Å². The van der Waals surface area contributed by atoms with E-state index in [1.165, 1.54) is 20.9 Å². The summed E-state index contributed by atoms with van der Waals surface area (Å²) in [5.74, 6) is 0. The fourth-order valence-electron chi connectivity index (χ4n) is 2.17. The number of aryl methyl sites for hydroxylation is 2. The van der Waals surface area contributed by atoms with Crippen LogP contribution in [-0.4, -0.2) is 6.54 Å². The normalized spacial score (nSPS) is 12.6. The molecule has 96 valence electrons. The van der Waals surface area contributed by atoms with E-state index in [2.05, 4.69) is 62.5 Å². The van der Waals surface area contributed by atoms with Crippen LogP contribution in [0.1, 0.15) is 40.3 Å². The van der Waals surface area contributed by atoms with Crippen molar-refractivity contribution in [3.05, 3.63) is 57.3 Å². The van der Waals surface area contributed by atoms with Gasteiger partial charge in [-0.25, -0.2) is 0 Å². The fraction of sp³-hybridized carbons (Fsp3) is 0.375. The van der Waals surface area contributed by atoms with Crippen molar-refractivity contribution in [3.63, 3.8) is 0 Å². The van der Waals surface area contributed by atoms with E-state index in [4.69, 9.17) is 0 Å². The molecule has 0 saturated carbocycles. The second-order valence-electron chi connectivity index (χ2n) is 4.69. The predicted octanol–water partition coefficient (Wildman–Crippen LogP) is 4.45. The smallest absolute Gasteiger partial charge is 0.0673 e. The Kier molecular flexibility index (Phi) is 4.56. The molecule has 0 fully saturated rings. The van der Waals surface area contributed by atoms with Gasteiger partial charge in [0.15, 0.2) is 0 Å². The largest absolute Gasteiger partial charge is 0.306 e. The zero-order valence-electron chi connectivity index (χ0n) is 11.4. The van der Waals surface area contributed by atoms with Gasteiger partial charge in [-0.15, -0.1) is 11.3 Å². The number of hydrogen-bond donors (Lipinski definition) is 1. The molecule has 0 spiro atoms. The second-order valence-corrected chi connectivity index (χ2v) is 6.01. The maximum atomic E-state index is 3.67. The standard InChI is InChI=1S/C16H21NS/c1-4-11-17-16(15-10-9-13(3)18-15)14-8-6-5-7-12(14)2/h5-10,16-17H,4,11H2,1-3H3. The van der Waals surface area contributed by atoms with Crippen LogP contribution in [0.3, 0.4) is 0 Å². The van der Waals surface area contributed by atoms with Crippen molar-refractivity contribution in [2.45, 2.75) is 33.2 Å². The highest BCUT2D eigenvalue weighted by Gasteiger charge is 2.16. The summed E-state index contributed by atoms with van der Waals surface area (Å²) < 4.78 is 0. The minimum absolute atomic E-state index is 0.338. The van der Waals surface area contributed by atoms with Crippen LogP contribution in [0, 0.1) is 13.8 Å². The highest BCUT2D eigenvalue weighted by molar-refractivity contribution is 7.12. The SMILES string of the molecule is CCCNC(c1ccc(C)s1)c1ccccc1C. The third-order valence-electron chi connectivity index (χ3n) is 3.14. The summed E-state index contributed by atoms with van der Waals surface area (Å²) in [6.07, 6.45) is 1.16. The van der Waals surface area contributed by atoms with Crippen LogP contribution in [0.5, 0.6) is 0 Å². The molecule has 0 bridgehead atoms. The van der Waals surface area contributed by atoms with Gasteiger partial charge in [0.25, 0.3) is 0 Å². The molecule has 2 rings (SSSR count). The number of rotatable bonds is 5. The first-order valence-electron chi connectivity index (χ1n) is 6.57. The third-order valence-corrected chi connectivity index (χ3v) is 4.21. The van der Waals surface area contributed by atoms with Gasteiger partial charge in [-0.1, -0.05) is 31.2 Å². The second kappa shape index (κ2) is 6.17. The van der Waals surface area contributed by atoms with Crippen LogP contribution in [0.4, 0.5) is 0 Å². The summed E-state index contributed by atoms with van der Waals surface area (Å²) in [5, 5.41) is 3.67. The topological polar surface area (TPSA) is 12.0 Å². The molecule has 0 aliphatic carbocycles. The van der Waals surface area contributed by atoms with Gasteiger partial charge in [-0.05, 0) is 50.1 Å². The Balaban J connectivity index is 2.33. The number of benzene rings is 1. The van der Waals surface area contributed by atoms with Crippen LogP contribution in [0.25, 0.3) is 0 Å². The Hall–Kier alpha value is -1.12. The van der Waals surface area contributed by atoms with Gasteiger partial charge in [0.1, 0.15) is 0 Å². The molecular formula is C16H21NS. The number of thiophene rings is 1. The Labute approximate surface area is 114 Å². The number of nitrogens with one attached hydrogen (secondary N) is 1. The maximum Gasteiger partial charge on any atom is 0.0673 e. The van der Waals surface area contributed by atoms with Gasteiger partial charge in [0.05, 0.1) is 6.04 Å².